The van der Waals surface area contributed by atoms with Gasteiger partial charge in [-0.3, -0.25) is 4.79 Å². The fraction of sp³-hybridized carbons (Fsp3) is 0.467. The molecule has 2 aromatic rings. The standard InChI is InChI=1S/C15H16N3O3/c16-13(19)10-2-1-3-11-12(10)17-14(21-11)18-7-4-15(18)5-8-20-9-6-15/h1,3H,4-9H2,(H2,16,19). The summed E-state index contributed by atoms with van der Waals surface area (Å²) in [7, 11) is 0. The molecule has 2 N–H and O–H groups in total. The van der Waals surface area contributed by atoms with Gasteiger partial charge in [-0.2, -0.15) is 4.98 Å². The van der Waals surface area contributed by atoms with Gasteiger partial charge in [0.15, 0.2) is 5.58 Å². The van der Waals surface area contributed by atoms with E-state index in [0.717, 1.165) is 39.0 Å². The first-order valence-electron chi connectivity index (χ1n) is 7.16. The molecule has 1 spiro atoms. The van der Waals surface area contributed by atoms with Crippen molar-refractivity contribution in [2.45, 2.75) is 24.8 Å². The molecule has 6 heteroatoms. The second-order valence-corrected chi connectivity index (χ2v) is 5.66. The largest absolute Gasteiger partial charge is 0.423 e. The molecule has 2 saturated heterocycles. The number of amides is 1. The molecule has 1 amide bonds. The third kappa shape index (κ3) is 1.82. The molecule has 6 nitrogen and oxygen atoms in total. The second kappa shape index (κ2) is 4.46. The molecule has 0 bridgehead atoms. The summed E-state index contributed by atoms with van der Waals surface area (Å²) in [6.45, 7) is 2.47. The van der Waals surface area contributed by atoms with Crippen LogP contribution in [0, 0.1) is 6.07 Å². The summed E-state index contributed by atoms with van der Waals surface area (Å²) < 4.78 is 11.3. The molecule has 0 atom stereocenters. The average Bonchev–Trinajstić information content (AvgIpc) is 2.89. The Labute approximate surface area is 121 Å². The number of anilines is 1. The molecule has 0 aliphatic carbocycles. The van der Waals surface area contributed by atoms with Crippen LogP contribution in [0.25, 0.3) is 11.1 Å². The smallest absolute Gasteiger partial charge is 0.298 e. The maximum Gasteiger partial charge on any atom is 0.298 e. The number of nitrogens with zero attached hydrogens (tertiary/aromatic N) is 2. The van der Waals surface area contributed by atoms with Gasteiger partial charge >= 0.3 is 0 Å². The quantitative estimate of drug-likeness (QED) is 0.904. The van der Waals surface area contributed by atoms with Gasteiger partial charge in [0.25, 0.3) is 11.9 Å². The fourth-order valence-electron chi connectivity index (χ4n) is 3.29. The third-order valence-corrected chi connectivity index (χ3v) is 4.62. The normalized spacial score (nSPS) is 20.7. The number of primary amides is 1. The van der Waals surface area contributed by atoms with E-state index < -0.39 is 5.91 Å². The summed E-state index contributed by atoms with van der Waals surface area (Å²) in [4.78, 5) is 18.1. The number of oxazole rings is 1. The number of carbonyl (C=O) groups excluding carboxylic acids is 1. The maximum atomic E-state index is 11.5. The van der Waals surface area contributed by atoms with E-state index in [1.54, 1.807) is 12.1 Å². The Hall–Kier alpha value is -2.08. The van der Waals surface area contributed by atoms with Crippen LogP contribution >= 0.6 is 0 Å². The lowest BCUT2D eigenvalue weighted by Gasteiger charge is -2.53. The van der Waals surface area contributed by atoms with Gasteiger partial charge in [-0.1, -0.05) is 0 Å². The molecule has 4 rings (SSSR count). The zero-order valence-corrected chi connectivity index (χ0v) is 11.6. The van der Waals surface area contributed by atoms with E-state index in [2.05, 4.69) is 16.0 Å². The van der Waals surface area contributed by atoms with Crippen molar-refractivity contribution in [3.8, 4) is 0 Å². The van der Waals surface area contributed by atoms with E-state index in [9.17, 15) is 4.79 Å². The van der Waals surface area contributed by atoms with Gasteiger partial charge < -0.3 is 19.8 Å². The summed E-state index contributed by atoms with van der Waals surface area (Å²) in [6, 6.07) is 6.80. The molecule has 1 aromatic carbocycles. The van der Waals surface area contributed by atoms with Crippen molar-refractivity contribution in [2.75, 3.05) is 24.7 Å². The first-order chi connectivity index (χ1) is 10.2. The Kier molecular flexibility index (Phi) is 2.68. The number of aromatic nitrogens is 1. The van der Waals surface area contributed by atoms with Crippen LogP contribution in [-0.2, 0) is 4.74 Å². The van der Waals surface area contributed by atoms with Gasteiger partial charge in [0.05, 0.1) is 11.1 Å². The molecule has 2 aliphatic rings. The van der Waals surface area contributed by atoms with Crippen LogP contribution in [0.3, 0.4) is 0 Å². The number of carbonyl (C=O) groups is 1. The van der Waals surface area contributed by atoms with Crippen LogP contribution < -0.4 is 10.6 Å². The van der Waals surface area contributed by atoms with Crippen LogP contribution in [0.5, 0.6) is 0 Å². The zero-order valence-electron chi connectivity index (χ0n) is 11.6. The molecule has 109 valence electrons. The van der Waals surface area contributed by atoms with Crippen LogP contribution in [0.4, 0.5) is 6.01 Å². The van der Waals surface area contributed by atoms with Gasteiger partial charge in [0.1, 0.15) is 5.52 Å². The highest BCUT2D eigenvalue weighted by Gasteiger charge is 2.47. The number of fused-ring (bicyclic) bond motifs is 1. The number of hydrogen-bond donors (Lipinski definition) is 1. The summed E-state index contributed by atoms with van der Waals surface area (Å²) >= 11 is 0. The van der Waals surface area contributed by atoms with Crippen LogP contribution in [0.1, 0.15) is 29.6 Å². The van der Waals surface area contributed by atoms with Crippen molar-refractivity contribution < 1.29 is 13.9 Å². The number of hydrogen-bond acceptors (Lipinski definition) is 5. The molecule has 21 heavy (non-hydrogen) atoms. The van der Waals surface area contributed by atoms with Gasteiger partial charge in [0, 0.05) is 19.8 Å². The van der Waals surface area contributed by atoms with Crippen molar-refractivity contribution >= 4 is 23.0 Å². The monoisotopic (exact) mass is 286 g/mol. The van der Waals surface area contributed by atoms with Crippen molar-refractivity contribution in [1.29, 1.82) is 0 Å². The first kappa shape index (κ1) is 12.6. The van der Waals surface area contributed by atoms with E-state index in [4.69, 9.17) is 14.9 Å². The molecule has 1 aromatic heterocycles. The van der Waals surface area contributed by atoms with Gasteiger partial charge in [-0.15, -0.1) is 0 Å². The predicted octanol–water partition coefficient (Wildman–Crippen LogP) is 1.49. The van der Waals surface area contributed by atoms with E-state index >= 15 is 0 Å². The molecular formula is C15H16N3O3. The number of ether oxygens (including phenoxy) is 1. The van der Waals surface area contributed by atoms with Crippen molar-refractivity contribution in [2.24, 2.45) is 5.73 Å². The highest BCUT2D eigenvalue weighted by molar-refractivity contribution is 6.03. The number of benzene rings is 1. The van der Waals surface area contributed by atoms with Crippen molar-refractivity contribution in [3.05, 3.63) is 23.8 Å². The van der Waals surface area contributed by atoms with Crippen molar-refractivity contribution in [3.63, 3.8) is 0 Å². The van der Waals surface area contributed by atoms with E-state index in [1.165, 1.54) is 0 Å². The Balaban J connectivity index is 1.74. The molecule has 3 heterocycles. The van der Waals surface area contributed by atoms with Crippen LogP contribution in [-0.4, -0.2) is 36.2 Å². The van der Waals surface area contributed by atoms with E-state index in [0.29, 0.717) is 17.1 Å². The molecule has 0 unspecified atom stereocenters. The highest BCUT2D eigenvalue weighted by Crippen LogP contribution is 2.43. The second-order valence-electron chi connectivity index (χ2n) is 5.66. The van der Waals surface area contributed by atoms with Crippen molar-refractivity contribution in [1.82, 2.24) is 4.98 Å². The SMILES string of the molecule is NC(=O)c1[c]ccc2oc(N3CCC34CCOCC4)nc12. The van der Waals surface area contributed by atoms with E-state index in [-0.39, 0.29) is 11.1 Å². The third-order valence-electron chi connectivity index (χ3n) is 4.62. The summed E-state index contributed by atoms with van der Waals surface area (Å²) in [5.41, 5.74) is 6.82. The summed E-state index contributed by atoms with van der Waals surface area (Å²) in [5, 5.41) is 0. The average molecular weight is 286 g/mol. The van der Waals surface area contributed by atoms with Gasteiger partial charge in [-0.05, 0) is 37.5 Å². The van der Waals surface area contributed by atoms with Gasteiger partial charge in [0.2, 0.25) is 0 Å². The van der Waals surface area contributed by atoms with E-state index in [1.807, 2.05) is 0 Å². The van der Waals surface area contributed by atoms with Crippen LogP contribution in [0.15, 0.2) is 16.5 Å². The maximum absolute atomic E-state index is 11.5. The molecule has 2 aliphatic heterocycles. The molecule has 1 radical (unpaired) electrons. The predicted molar refractivity (Wildman–Crippen MR) is 76.1 cm³/mol. The first-order valence-corrected chi connectivity index (χ1v) is 7.16. The molecule has 0 saturated carbocycles. The lowest BCUT2D eigenvalue weighted by molar-refractivity contribution is 0.0265. The Morgan fingerprint density at radius 3 is 2.86 bits per heavy atom. The lowest BCUT2D eigenvalue weighted by Crippen LogP contribution is -2.62. The zero-order chi connectivity index (χ0) is 14.4. The number of nitrogens with two attached hydrogens (primary N) is 1. The Morgan fingerprint density at radius 1 is 1.38 bits per heavy atom. The Bertz CT molecular complexity index is 703. The van der Waals surface area contributed by atoms with Gasteiger partial charge in [-0.25, -0.2) is 0 Å². The molecule has 2 fully saturated rings. The Morgan fingerprint density at radius 2 is 2.19 bits per heavy atom. The molecular weight excluding hydrogens is 270 g/mol. The minimum absolute atomic E-state index is 0.107. The fourth-order valence-corrected chi connectivity index (χ4v) is 3.29. The summed E-state index contributed by atoms with van der Waals surface area (Å²) in [5.74, 6) is -0.537. The lowest BCUT2D eigenvalue weighted by atomic mass is 9.78. The van der Waals surface area contributed by atoms with Crippen LogP contribution in [0.2, 0.25) is 0 Å². The minimum Gasteiger partial charge on any atom is -0.423 e. The highest BCUT2D eigenvalue weighted by atomic mass is 16.5. The number of rotatable bonds is 2. The minimum atomic E-state index is -0.537. The summed E-state index contributed by atoms with van der Waals surface area (Å²) in [6.07, 6.45) is 3.10. The topological polar surface area (TPSA) is 81.6 Å².